The van der Waals surface area contributed by atoms with Crippen LogP contribution in [0.2, 0.25) is 0 Å². The lowest BCUT2D eigenvalue weighted by molar-refractivity contribution is 0.597. The largest absolute Gasteiger partial charge is 0.353 e. The molecule has 2 heterocycles. The summed E-state index contributed by atoms with van der Waals surface area (Å²) < 4.78 is 2.79. The molecule has 0 spiro atoms. The van der Waals surface area contributed by atoms with Gasteiger partial charge in [-0.15, -0.1) is 11.3 Å². The maximum Gasteiger partial charge on any atom is 0.0646 e. The first-order valence-electron chi connectivity index (χ1n) is 8.39. The van der Waals surface area contributed by atoms with Gasteiger partial charge in [-0.05, 0) is 17.0 Å². The van der Waals surface area contributed by atoms with Crippen molar-refractivity contribution in [1.29, 1.82) is 0 Å². The van der Waals surface area contributed by atoms with Gasteiger partial charge in [-0.2, -0.15) is 0 Å². The average Bonchev–Trinajstić information content (AvgIpc) is 3.11. The Morgan fingerprint density at radius 2 is 1.42 bits per heavy atom. The highest BCUT2D eigenvalue weighted by atomic mass is 32.1. The molecule has 5 rings (SSSR count). The quantitative estimate of drug-likeness (QED) is 0.315. The van der Waals surface area contributed by atoms with Crippen LogP contribution in [-0.2, 0) is 5.41 Å². The summed E-state index contributed by atoms with van der Waals surface area (Å²) in [6.45, 7) is 6.89. The minimum Gasteiger partial charge on any atom is -0.353 e. The number of aromatic amines is 1. The van der Waals surface area contributed by atoms with E-state index >= 15 is 0 Å². The molecule has 0 aliphatic rings. The van der Waals surface area contributed by atoms with Crippen LogP contribution in [0.15, 0.2) is 54.6 Å². The van der Waals surface area contributed by atoms with E-state index in [2.05, 4.69) is 80.4 Å². The molecule has 1 nitrogen and oxygen atoms in total. The summed E-state index contributed by atoms with van der Waals surface area (Å²) in [5.74, 6) is 0. The van der Waals surface area contributed by atoms with E-state index in [9.17, 15) is 0 Å². The Morgan fingerprint density at radius 1 is 0.708 bits per heavy atom. The molecule has 118 valence electrons. The molecular weight excluding hydrogens is 310 g/mol. The van der Waals surface area contributed by atoms with Crippen LogP contribution in [0.25, 0.3) is 42.0 Å². The third-order valence-corrected chi connectivity index (χ3v) is 6.22. The van der Waals surface area contributed by atoms with Gasteiger partial charge in [-0.3, -0.25) is 0 Å². The van der Waals surface area contributed by atoms with Gasteiger partial charge in [0.15, 0.2) is 0 Å². The predicted molar refractivity (Wildman–Crippen MR) is 107 cm³/mol. The zero-order chi connectivity index (χ0) is 16.5. The second-order valence-electron chi connectivity index (χ2n) is 7.57. The second-order valence-corrected chi connectivity index (χ2v) is 8.59. The third kappa shape index (κ3) is 1.81. The molecule has 24 heavy (non-hydrogen) atoms. The van der Waals surface area contributed by atoms with Gasteiger partial charge in [0.2, 0.25) is 0 Å². The lowest BCUT2D eigenvalue weighted by Gasteiger charge is -2.19. The topological polar surface area (TPSA) is 15.8 Å². The molecule has 0 bridgehead atoms. The van der Waals surface area contributed by atoms with Crippen molar-refractivity contribution >= 4 is 53.3 Å². The van der Waals surface area contributed by atoms with Gasteiger partial charge >= 0.3 is 0 Å². The number of nitrogens with one attached hydrogen (secondary N) is 1. The number of thiophene rings is 1. The Balaban J connectivity index is 2.00. The first-order valence-corrected chi connectivity index (χ1v) is 9.21. The normalized spacial score (nSPS) is 12.8. The number of benzene rings is 3. The van der Waals surface area contributed by atoms with E-state index < -0.39 is 0 Å². The van der Waals surface area contributed by atoms with Gasteiger partial charge in [-0.25, -0.2) is 0 Å². The van der Waals surface area contributed by atoms with E-state index in [-0.39, 0.29) is 5.41 Å². The van der Waals surface area contributed by atoms with Crippen LogP contribution in [0.3, 0.4) is 0 Å². The Morgan fingerprint density at radius 3 is 2.25 bits per heavy atom. The fourth-order valence-corrected chi connectivity index (χ4v) is 5.29. The fourth-order valence-electron chi connectivity index (χ4n) is 3.76. The molecule has 0 unspecified atom stereocenters. The number of aromatic nitrogens is 1. The van der Waals surface area contributed by atoms with Gasteiger partial charge < -0.3 is 4.98 Å². The lowest BCUT2D eigenvalue weighted by atomic mass is 9.86. The zero-order valence-corrected chi connectivity index (χ0v) is 14.9. The van der Waals surface area contributed by atoms with Crippen LogP contribution in [-0.4, -0.2) is 4.98 Å². The summed E-state index contributed by atoms with van der Waals surface area (Å²) in [7, 11) is 0. The molecule has 1 N–H and O–H groups in total. The minimum atomic E-state index is 0.153. The average molecular weight is 329 g/mol. The maximum absolute atomic E-state index is 3.65. The predicted octanol–water partition coefficient (Wildman–Crippen LogP) is 6.99. The number of rotatable bonds is 0. The SMILES string of the molecule is CC(C)(C)c1cccc2c1sc1c2ccc2c3ccccc3[nH]c21. The fraction of sp³-hybridized carbons (Fsp3) is 0.182. The standard InChI is InChI=1S/C22H19NS/c1-22(2,3)17-9-6-8-15-16-12-11-14-13-7-4-5-10-18(13)23-19(14)21(16)24-20(15)17/h4-12,23H,1-3H3. The van der Waals surface area contributed by atoms with Crippen molar-refractivity contribution in [2.75, 3.05) is 0 Å². The van der Waals surface area contributed by atoms with E-state index in [1.807, 2.05) is 11.3 Å². The van der Waals surface area contributed by atoms with Crippen molar-refractivity contribution in [3.05, 3.63) is 60.2 Å². The highest BCUT2D eigenvalue weighted by Crippen LogP contribution is 2.43. The van der Waals surface area contributed by atoms with Crippen LogP contribution >= 0.6 is 11.3 Å². The van der Waals surface area contributed by atoms with Crippen LogP contribution < -0.4 is 0 Å². The van der Waals surface area contributed by atoms with Crippen molar-refractivity contribution in [2.24, 2.45) is 0 Å². The van der Waals surface area contributed by atoms with Gasteiger partial charge in [0.05, 0.1) is 10.2 Å². The van der Waals surface area contributed by atoms with Crippen LogP contribution in [0, 0.1) is 0 Å². The number of fused-ring (bicyclic) bond motifs is 7. The summed E-state index contributed by atoms with van der Waals surface area (Å²) in [5, 5.41) is 5.37. The van der Waals surface area contributed by atoms with Gasteiger partial charge in [-0.1, -0.05) is 69.3 Å². The Labute approximate surface area is 144 Å². The molecule has 0 fully saturated rings. The smallest absolute Gasteiger partial charge is 0.0646 e. The lowest BCUT2D eigenvalue weighted by Crippen LogP contribution is -2.10. The van der Waals surface area contributed by atoms with E-state index in [1.165, 1.54) is 47.5 Å². The third-order valence-electron chi connectivity index (χ3n) is 4.95. The molecule has 2 aromatic heterocycles. The van der Waals surface area contributed by atoms with Crippen molar-refractivity contribution in [3.63, 3.8) is 0 Å². The number of hydrogen-bond acceptors (Lipinski definition) is 1. The summed E-state index contributed by atoms with van der Waals surface area (Å²) in [5.41, 5.74) is 4.08. The van der Waals surface area contributed by atoms with E-state index in [4.69, 9.17) is 0 Å². The molecule has 0 atom stereocenters. The van der Waals surface area contributed by atoms with Gasteiger partial charge in [0, 0.05) is 31.8 Å². The van der Waals surface area contributed by atoms with Crippen molar-refractivity contribution in [2.45, 2.75) is 26.2 Å². The van der Waals surface area contributed by atoms with Gasteiger partial charge in [0.25, 0.3) is 0 Å². The van der Waals surface area contributed by atoms with Crippen LogP contribution in [0.4, 0.5) is 0 Å². The number of hydrogen-bond donors (Lipinski definition) is 1. The molecule has 0 amide bonds. The summed E-state index contributed by atoms with van der Waals surface area (Å²) in [6.07, 6.45) is 0. The van der Waals surface area contributed by atoms with E-state index in [1.54, 1.807) is 0 Å². The molecule has 3 aromatic carbocycles. The van der Waals surface area contributed by atoms with Crippen LogP contribution in [0.5, 0.6) is 0 Å². The zero-order valence-electron chi connectivity index (χ0n) is 14.1. The van der Waals surface area contributed by atoms with Gasteiger partial charge in [0.1, 0.15) is 0 Å². The summed E-state index contributed by atoms with van der Waals surface area (Å²) in [6, 6.07) is 19.9. The highest BCUT2D eigenvalue weighted by molar-refractivity contribution is 7.26. The maximum atomic E-state index is 3.65. The van der Waals surface area contributed by atoms with E-state index in [0.717, 1.165) is 0 Å². The Bertz CT molecular complexity index is 1230. The Hall–Kier alpha value is -2.32. The molecule has 2 heteroatoms. The molecule has 0 aliphatic heterocycles. The van der Waals surface area contributed by atoms with Crippen LogP contribution in [0.1, 0.15) is 26.3 Å². The monoisotopic (exact) mass is 329 g/mol. The first kappa shape index (κ1) is 14.1. The molecular formula is C22H19NS. The van der Waals surface area contributed by atoms with Crippen molar-refractivity contribution in [1.82, 2.24) is 4.98 Å². The second kappa shape index (κ2) is 4.61. The summed E-state index contributed by atoms with van der Waals surface area (Å²) >= 11 is 1.93. The summed E-state index contributed by atoms with van der Waals surface area (Å²) in [4.78, 5) is 3.65. The molecule has 5 aromatic rings. The first-order chi connectivity index (χ1) is 11.5. The van der Waals surface area contributed by atoms with Crippen molar-refractivity contribution < 1.29 is 0 Å². The van der Waals surface area contributed by atoms with E-state index in [0.29, 0.717) is 0 Å². The molecule has 0 radical (unpaired) electrons. The number of para-hydroxylation sites is 1. The Kier molecular flexibility index (Phi) is 2.70. The minimum absolute atomic E-state index is 0.153. The highest BCUT2D eigenvalue weighted by Gasteiger charge is 2.20. The number of H-pyrrole nitrogens is 1. The van der Waals surface area contributed by atoms with Crippen molar-refractivity contribution in [3.8, 4) is 0 Å². The molecule has 0 aliphatic carbocycles. The molecule has 0 saturated carbocycles. The molecule has 0 saturated heterocycles.